The number of rotatable bonds is 4. The largest absolute Gasteiger partial charge is 0.328 e. The summed E-state index contributed by atoms with van der Waals surface area (Å²) < 4.78 is 0. The summed E-state index contributed by atoms with van der Waals surface area (Å²) in [5.74, 6) is 0. The van der Waals surface area contributed by atoms with Crippen LogP contribution in [0.1, 0.15) is 24.5 Å². The normalized spacial score (nSPS) is 13.0. The Bertz CT molecular complexity index is 517. The molecular formula is C17H20N2. The van der Waals surface area contributed by atoms with Gasteiger partial charge in [0, 0.05) is 17.8 Å². The summed E-state index contributed by atoms with van der Waals surface area (Å²) in [5, 5.41) is 3.51. The summed E-state index contributed by atoms with van der Waals surface area (Å²) in [4.78, 5) is 2.39. The van der Waals surface area contributed by atoms with Crippen molar-refractivity contribution in [2.45, 2.75) is 19.8 Å². The monoisotopic (exact) mass is 252 g/mol. The molecule has 0 aliphatic carbocycles. The molecule has 0 atom stereocenters. The summed E-state index contributed by atoms with van der Waals surface area (Å²) in [5.41, 5.74) is 5.51. The van der Waals surface area contributed by atoms with E-state index in [0.717, 1.165) is 26.1 Å². The SMILES string of the molecule is CCCNCN1c2ccccc2Cc2ccccc21. The Morgan fingerprint density at radius 2 is 1.53 bits per heavy atom. The molecule has 1 heterocycles. The topological polar surface area (TPSA) is 15.3 Å². The molecule has 1 N–H and O–H groups in total. The number of hydrogen-bond acceptors (Lipinski definition) is 2. The van der Waals surface area contributed by atoms with Crippen LogP contribution in [-0.2, 0) is 6.42 Å². The van der Waals surface area contributed by atoms with Crippen LogP contribution in [0.3, 0.4) is 0 Å². The second kappa shape index (κ2) is 5.45. The van der Waals surface area contributed by atoms with Gasteiger partial charge in [0.1, 0.15) is 0 Å². The lowest BCUT2D eigenvalue weighted by atomic mass is 9.96. The summed E-state index contributed by atoms with van der Waals surface area (Å²) in [6.45, 7) is 4.13. The Labute approximate surface area is 115 Å². The van der Waals surface area contributed by atoms with Gasteiger partial charge >= 0.3 is 0 Å². The van der Waals surface area contributed by atoms with E-state index in [9.17, 15) is 0 Å². The van der Waals surface area contributed by atoms with Gasteiger partial charge in [0.2, 0.25) is 0 Å². The second-order valence-corrected chi connectivity index (χ2v) is 5.02. The number of fused-ring (bicyclic) bond motifs is 2. The maximum atomic E-state index is 3.51. The zero-order chi connectivity index (χ0) is 13.1. The van der Waals surface area contributed by atoms with Gasteiger partial charge in [0.25, 0.3) is 0 Å². The first-order chi connectivity index (χ1) is 9.40. The highest BCUT2D eigenvalue weighted by molar-refractivity contribution is 5.73. The van der Waals surface area contributed by atoms with E-state index in [4.69, 9.17) is 0 Å². The smallest absolute Gasteiger partial charge is 0.0731 e. The highest BCUT2D eigenvalue weighted by Gasteiger charge is 2.21. The van der Waals surface area contributed by atoms with Gasteiger partial charge in [0.15, 0.2) is 0 Å². The molecular weight excluding hydrogens is 232 g/mol. The minimum atomic E-state index is 0.877. The van der Waals surface area contributed by atoms with Crippen LogP contribution in [0.4, 0.5) is 11.4 Å². The number of benzene rings is 2. The molecule has 0 unspecified atom stereocenters. The zero-order valence-electron chi connectivity index (χ0n) is 11.4. The first-order valence-corrected chi connectivity index (χ1v) is 7.04. The molecule has 3 rings (SSSR count). The molecule has 0 fully saturated rings. The van der Waals surface area contributed by atoms with Gasteiger partial charge in [0.05, 0.1) is 6.67 Å². The predicted molar refractivity (Wildman–Crippen MR) is 81.0 cm³/mol. The quantitative estimate of drug-likeness (QED) is 0.835. The van der Waals surface area contributed by atoms with Crippen molar-refractivity contribution in [1.82, 2.24) is 5.32 Å². The Morgan fingerprint density at radius 1 is 0.947 bits per heavy atom. The molecule has 19 heavy (non-hydrogen) atoms. The second-order valence-electron chi connectivity index (χ2n) is 5.02. The molecule has 2 nitrogen and oxygen atoms in total. The number of anilines is 2. The van der Waals surface area contributed by atoms with Crippen LogP contribution in [-0.4, -0.2) is 13.2 Å². The molecule has 0 amide bonds. The van der Waals surface area contributed by atoms with E-state index < -0.39 is 0 Å². The first-order valence-electron chi connectivity index (χ1n) is 7.04. The Balaban J connectivity index is 1.96. The van der Waals surface area contributed by atoms with E-state index in [0.29, 0.717) is 0 Å². The molecule has 1 aliphatic heterocycles. The Kier molecular flexibility index (Phi) is 3.51. The third kappa shape index (κ3) is 2.36. The fourth-order valence-corrected chi connectivity index (χ4v) is 2.72. The average molecular weight is 252 g/mol. The Hall–Kier alpha value is -1.80. The van der Waals surface area contributed by atoms with Gasteiger partial charge in [-0.15, -0.1) is 0 Å². The summed E-state index contributed by atoms with van der Waals surface area (Å²) in [6.07, 6.45) is 2.20. The minimum absolute atomic E-state index is 0.877. The summed E-state index contributed by atoms with van der Waals surface area (Å²) in [7, 11) is 0. The van der Waals surface area contributed by atoms with Gasteiger partial charge in [-0.25, -0.2) is 0 Å². The molecule has 0 spiro atoms. The van der Waals surface area contributed by atoms with Crippen molar-refractivity contribution in [3.63, 3.8) is 0 Å². The molecule has 0 radical (unpaired) electrons. The average Bonchev–Trinajstić information content (AvgIpc) is 2.46. The summed E-state index contributed by atoms with van der Waals surface area (Å²) in [6, 6.07) is 17.4. The predicted octanol–water partition coefficient (Wildman–Crippen LogP) is 3.69. The van der Waals surface area contributed by atoms with Gasteiger partial charge in [-0.2, -0.15) is 0 Å². The van der Waals surface area contributed by atoms with Gasteiger partial charge in [-0.3, -0.25) is 5.32 Å². The van der Waals surface area contributed by atoms with E-state index in [1.165, 1.54) is 22.5 Å². The van der Waals surface area contributed by atoms with E-state index in [-0.39, 0.29) is 0 Å². The van der Waals surface area contributed by atoms with Crippen LogP contribution in [0.2, 0.25) is 0 Å². The lowest BCUT2D eigenvalue weighted by Gasteiger charge is -2.33. The molecule has 2 aromatic rings. The van der Waals surface area contributed by atoms with Crippen molar-refractivity contribution in [3.05, 3.63) is 59.7 Å². The van der Waals surface area contributed by atoms with Crippen molar-refractivity contribution in [2.75, 3.05) is 18.1 Å². The third-order valence-corrected chi connectivity index (χ3v) is 3.64. The van der Waals surface area contributed by atoms with Crippen molar-refractivity contribution >= 4 is 11.4 Å². The van der Waals surface area contributed by atoms with Crippen LogP contribution in [0, 0.1) is 0 Å². The van der Waals surface area contributed by atoms with Crippen molar-refractivity contribution in [1.29, 1.82) is 0 Å². The number of para-hydroxylation sites is 2. The summed E-state index contributed by atoms with van der Waals surface area (Å²) >= 11 is 0. The fraction of sp³-hybridized carbons (Fsp3) is 0.294. The standard InChI is InChI=1S/C17H20N2/c1-2-11-18-13-19-16-9-5-3-7-14(16)12-15-8-4-6-10-17(15)19/h3-10,18H,2,11-13H2,1H3. The van der Waals surface area contributed by atoms with Crippen LogP contribution in [0.25, 0.3) is 0 Å². The Morgan fingerprint density at radius 3 is 2.11 bits per heavy atom. The van der Waals surface area contributed by atoms with Gasteiger partial charge in [-0.1, -0.05) is 43.3 Å². The molecule has 0 saturated heterocycles. The van der Waals surface area contributed by atoms with Gasteiger partial charge < -0.3 is 4.90 Å². The number of hydrogen-bond donors (Lipinski definition) is 1. The van der Waals surface area contributed by atoms with Crippen molar-refractivity contribution < 1.29 is 0 Å². The highest BCUT2D eigenvalue weighted by Crippen LogP contribution is 2.37. The molecule has 2 aromatic carbocycles. The van der Waals surface area contributed by atoms with Gasteiger partial charge in [-0.05, 0) is 36.2 Å². The molecule has 0 aromatic heterocycles. The maximum Gasteiger partial charge on any atom is 0.0731 e. The van der Waals surface area contributed by atoms with Crippen LogP contribution < -0.4 is 10.2 Å². The van der Waals surface area contributed by atoms with E-state index in [2.05, 4.69) is 65.7 Å². The minimum Gasteiger partial charge on any atom is -0.328 e. The van der Waals surface area contributed by atoms with Crippen molar-refractivity contribution in [2.24, 2.45) is 0 Å². The van der Waals surface area contributed by atoms with E-state index >= 15 is 0 Å². The maximum absolute atomic E-state index is 3.51. The lowest BCUT2D eigenvalue weighted by Crippen LogP contribution is -2.33. The van der Waals surface area contributed by atoms with E-state index in [1.54, 1.807) is 0 Å². The first kappa shape index (κ1) is 12.2. The van der Waals surface area contributed by atoms with Crippen LogP contribution in [0.5, 0.6) is 0 Å². The molecule has 0 bridgehead atoms. The zero-order valence-corrected chi connectivity index (χ0v) is 11.4. The van der Waals surface area contributed by atoms with Crippen molar-refractivity contribution in [3.8, 4) is 0 Å². The fourth-order valence-electron chi connectivity index (χ4n) is 2.72. The molecule has 98 valence electrons. The third-order valence-electron chi connectivity index (χ3n) is 3.64. The molecule has 2 heteroatoms. The number of nitrogens with one attached hydrogen (secondary N) is 1. The van der Waals surface area contributed by atoms with E-state index in [1.807, 2.05) is 0 Å². The lowest BCUT2D eigenvalue weighted by molar-refractivity contribution is 0.673. The molecule has 1 aliphatic rings. The molecule has 0 saturated carbocycles. The van der Waals surface area contributed by atoms with Crippen LogP contribution >= 0.6 is 0 Å². The highest BCUT2D eigenvalue weighted by atomic mass is 15.2. The van der Waals surface area contributed by atoms with Crippen LogP contribution in [0.15, 0.2) is 48.5 Å². The number of nitrogens with zero attached hydrogens (tertiary/aromatic N) is 1.